The Balaban J connectivity index is 2.21. The van der Waals surface area contributed by atoms with E-state index in [1.807, 2.05) is 6.07 Å². The zero-order chi connectivity index (χ0) is 13.7. The molecule has 1 aliphatic carbocycles. The molecule has 0 amide bonds. The van der Waals surface area contributed by atoms with E-state index in [1.54, 1.807) is 0 Å². The first-order chi connectivity index (χ1) is 9.24. The van der Waals surface area contributed by atoms with Crippen molar-refractivity contribution < 1.29 is 0 Å². The number of aryl methyl sites for hydroxylation is 1. The highest BCUT2D eigenvalue weighted by atomic mass is 15.2. The van der Waals surface area contributed by atoms with Gasteiger partial charge in [0.25, 0.3) is 0 Å². The molecular weight excluding hydrogens is 236 g/mol. The molecule has 106 valence electrons. The molecule has 0 unspecified atom stereocenters. The number of nitrogen functional groups attached to an aromatic ring is 1. The van der Waals surface area contributed by atoms with Crippen LogP contribution in [0.1, 0.15) is 58.2 Å². The normalized spacial score (nSPS) is 16.5. The summed E-state index contributed by atoms with van der Waals surface area (Å²) in [5.41, 5.74) is 5.93. The fourth-order valence-corrected chi connectivity index (χ4v) is 2.99. The minimum atomic E-state index is 0.600. The largest absolute Gasteiger partial charge is 0.384 e. The Labute approximate surface area is 116 Å². The van der Waals surface area contributed by atoms with Gasteiger partial charge in [-0.3, -0.25) is 0 Å². The zero-order valence-corrected chi connectivity index (χ0v) is 12.2. The Morgan fingerprint density at radius 2 is 1.95 bits per heavy atom. The lowest BCUT2D eigenvalue weighted by Gasteiger charge is -2.34. The van der Waals surface area contributed by atoms with Crippen LogP contribution < -0.4 is 10.6 Å². The van der Waals surface area contributed by atoms with Crippen molar-refractivity contribution in [2.45, 2.75) is 64.8 Å². The number of nitrogens with zero attached hydrogens (tertiary/aromatic N) is 3. The van der Waals surface area contributed by atoms with Crippen molar-refractivity contribution in [3.8, 4) is 0 Å². The lowest BCUT2D eigenvalue weighted by atomic mass is 9.94. The number of aromatic nitrogens is 2. The van der Waals surface area contributed by atoms with Crippen LogP contribution in [0.4, 0.5) is 11.6 Å². The molecule has 1 aromatic rings. The van der Waals surface area contributed by atoms with Crippen molar-refractivity contribution in [1.82, 2.24) is 9.97 Å². The number of hydrogen-bond acceptors (Lipinski definition) is 4. The minimum absolute atomic E-state index is 0.600. The maximum Gasteiger partial charge on any atom is 0.134 e. The Morgan fingerprint density at radius 1 is 1.21 bits per heavy atom. The second kappa shape index (κ2) is 6.73. The fraction of sp³-hybridized carbons (Fsp3) is 0.733. The van der Waals surface area contributed by atoms with Crippen molar-refractivity contribution in [3.63, 3.8) is 0 Å². The number of nitrogens with two attached hydrogens (primary N) is 1. The standard InChI is InChI=1S/C15H26N4/c1-3-8-14-17-13(16)11-15(18-14)19(4-2)12-9-6-5-7-10-12/h11-12H,3-10H2,1-2H3,(H2,16,17,18). The quantitative estimate of drug-likeness (QED) is 0.885. The molecule has 0 radical (unpaired) electrons. The third kappa shape index (κ3) is 3.58. The van der Waals surface area contributed by atoms with Gasteiger partial charge in [0.15, 0.2) is 0 Å². The van der Waals surface area contributed by atoms with E-state index in [0.717, 1.165) is 31.0 Å². The Bertz CT molecular complexity index is 399. The lowest BCUT2D eigenvalue weighted by Crippen LogP contribution is -2.37. The van der Waals surface area contributed by atoms with Gasteiger partial charge in [0.05, 0.1) is 0 Å². The van der Waals surface area contributed by atoms with Crippen molar-refractivity contribution in [3.05, 3.63) is 11.9 Å². The summed E-state index contributed by atoms with van der Waals surface area (Å²) < 4.78 is 0. The second-order valence-electron chi connectivity index (χ2n) is 5.40. The highest BCUT2D eigenvalue weighted by molar-refractivity contribution is 5.47. The van der Waals surface area contributed by atoms with E-state index in [-0.39, 0.29) is 0 Å². The Hall–Kier alpha value is -1.32. The smallest absolute Gasteiger partial charge is 0.134 e. The van der Waals surface area contributed by atoms with Crippen LogP contribution in [0.3, 0.4) is 0 Å². The molecule has 1 aromatic heterocycles. The van der Waals surface area contributed by atoms with E-state index >= 15 is 0 Å². The molecule has 1 saturated carbocycles. The zero-order valence-electron chi connectivity index (χ0n) is 12.2. The summed E-state index contributed by atoms with van der Waals surface area (Å²) in [6.07, 6.45) is 8.56. The number of anilines is 2. The molecule has 0 saturated heterocycles. The number of hydrogen-bond donors (Lipinski definition) is 1. The summed E-state index contributed by atoms with van der Waals surface area (Å²) in [5.74, 6) is 2.50. The molecule has 0 bridgehead atoms. The molecular formula is C15H26N4. The van der Waals surface area contributed by atoms with Crippen molar-refractivity contribution in [1.29, 1.82) is 0 Å². The highest BCUT2D eigenvalue weighted by Crippen LogP contribution is 2.26. The molecule has 4 heteroatoms. The van der Waals surface area contributed by atoms with Gasteiger partial charge in [0.1, 0.15) is 17.5 Å². The lowest BCUT2D eigenvalue weighted by molar-refractivity contribution is 0.416. The fourth-order valence-electron chi connectivity index (χ4n) is 2.99. The maximum absolute atomic E-state index is 5.93. The predicted molar refractivity (Wildman–Crippen MR) is 80.3 cm³/mol. The van der Waals surface area contributed by atoms with E-state index in [4.69, 9.17) is 10.7 Å². The van der Waals surface area contributed by atoms with Gasteiger partial charge in [-0.25, -0.2) is 9.97 Å². The van der Waals surface area contributed by atoms with Crippen LogP contribution >= 0.6 is 0 Å². The first-order valence-electron chi connectivity index (χ1n) is 7.64. The van der Waals surface area contributed by atoms with Crippen LogP contribution in [0.5, 0.6) is 0 Å². The summed E-state index contributed by atoms with van der Waals surface area (Å²) in [4.78, 5) is 11.4. The molecule has 1 aliphatic rings. The SMILES string of the molecule is CCCc1nc(N)cc(N(CC)C2CCCCC2)n1. The van der Waals surface area contributed by atoms with Gasteiger partial charge in [0.2, 0.25) is 0 Å². The molecule has 2 N–H and O–H groups in total. The number of rotatable bonds is 5. The summed E-state index contributed by atoms with van der Waals surface area (Å²) in [5, 5.41) is 0. The van der Waals surface area contributed by atoms with Crippen molar-refractivity contribution >= 4 is 11.6 Å². The maximum atomic E-state index is 5.93. The first kappa shape index (κ1) is 14.1. The van der Waals surface area contributed by atoms with Gasteiger partial charge < -0.3 is 10.6 Å². The van der Waals surface area contributed by atoms with Gasteiger partial charge in [-0.1, -0.05) is 26.2 Å². The van der Waals surface area contributed by atoms with Crippen molar-refractivity contribution in [2.24, 2.45) is 0 Å². The first-order valence-corrected chi connectivity index (χ1v) is 7.64. The van der Waals surface area contributed by atoms with E-state index in [0.29, 0.717) is 11.9 Å². The molecule has 0 aromatic carbocycles. The van der Waals surface area contributed by atoms with Crippen LogP contribution in [0.15, 0.2) is 6.07 Å². The van der Waals surface area contributed by atoms with E-state index < -0.39 is 0 Å². The predicted octanol–water partition coefficient (Wildman–Crippen LogP) is 3.17. The molecule has 0 aliphatic heterocycles. The third-order valence-electron chi connectivity index (χ3n) is 3.90. The minimum Gasteiger partial charge on any atom is -0.384 e. The monoisotopic (exact) mass is 262 g/mol. The molecule has 4 nitrogen and oxygen atoms in total. The highest BCUT2D eigenvalue weighted by Gasteiger charge is 2.21. The average Bonchev–Trinajstić information content (AvgIpc) is 2.40. The molecule has 1 fully saturated rings. The van der Waals surface area contributed by atoms with Gasteiger partial charge >= 0.3 is 0 Å². The van der Waals surface area contributed by atoms with Gasteiger partial charge in [0, 0.05) is 25.1 Å². The van der Waals surface area contributed by atoms with E-state index in [2.05, 4.69) is 23.7 Å². The average molecular weight is 262 g/mol. The van der Waals surface area contributed by atoms with Crippen molar-refractivity contribution in [2.75, 3.05) is 17.2 Å². The Morgan fingerprint density at radius 3 is 2.58 bits per heavy atom. The van der Waals surface area contributed by atoms with E-state index in [1.165, 1.54) is 32.1 Å². The second-order valence-corrected chi connectivity index (χ2v) is 5.40. The Kier molecular flexibility index (Phi) is 5.00. The van der Waals surface area contributed by atoms with Gasteiger partial charge in [-0.2, -0.15) is 0 Å². The van der Waals surface area contributed by atoms with Crippen LogP contribution in [-0.2, 0) is 6.42 Å². The third-order valence-corrected chi connectivity index (χ3v) is 3.90. The summed E-state index contributed by atoms with van der Waals surface area (Å²) in [7, 11) is 0. The van der Waals surface area contributed by atoms with Crippen LogP contribution in [0, 0.1) is 0 Å². The molecule has 0 spiro atoms. The van der Waals surface area contributed by atoms with Gasteiger partial charge in [-0.15, -0.1) is 0 Å². The molecule has 2 rings (SSSR count). The molecule has 19 heavy (non-hydrogen) atoms. The van der Waals surface area contributed by atoms with Crippen LogP contribution in [0.25, 0.3) is 0 Å². The van der Waals surface area contributed by atoms with Gasteiger partial charge in [-0.05, 0) is 26.2 Å². The van der Waals surface area contributed by atoms with E-state index in [9.17, 15) is 0 Å². The van der Waals surface area contributed by atoms with Crippen LogP contribution in [-0.4, -0.2) is 22.6 Å². The van der Waals surface area contributed by atoms with Crippen LogP contribution in [0.2, 0.25) is 0 Å². The topological polar surface area (TPSA) is 55.0 Å². The summed E-state index contributed by atoms with van der Waals surface area (Å²) >= 11 is 0. The molecule has 0 atom stereocenters. The molecule has 1 heterocycles. The summed E-state index contributed by atoms with van der Waals surface area (Å²) in [6.45, 7) is 5.34. The summed E-state index contributed by atoms with van der Waals surface area (Å²) in [6, 6.07) is 2.56.